The maximum atomic E-state index is 12.0. The molecule has 0 saturated heterocycles. The molecule has 0 radical (unpaired) electrons. The van der Waals surface area contributed by atoms with Crippen molar-refractivity contribution in [2.45, 2.75) is 46.3 Å². The third kappa shape index (κ3) is 6.41. The summed E-state index contributed by atoms with van der Waals surface area (Å²) < 4.78 is 35.9. The first-order valence-corrected chi connectivity index (χ1v) is 6.88. The number of rotatable bonds is 4. The minimum Gasteiger partial charge on any atom is -0.369 e. The normalized spacial score (nSPS) is 20.4. The van der Waals surface area contributed by atoms with Crippen LogP contribution in [-0.4, -0.2) is 37.7 Å². The lowest BCUT2D eigenvalue weighted by Gasteiger charge is -2.28. The summed E-state index contributed by atoms with van der Waals surface area (Å²) >= 11 is 0. The Kier molecular flexibility index (Phi) is 5.62. The van der Waals surface area contributed by atoms with Gasteiger partial charge in [0, 0.05) is 13.1 Å². The molecule has 1 rings (SSSR count). The summed E-state index contributed by atoms with van der Waals surface area (Å²) in [5, 5.41) is 5.44. The van der Waals surface area contributed by atoms with Crippen molar-refractivity contribution in [3.63, 3.8) is 0 Å². The Labute approximate surface area is 118 Å². The van der Waals surface area contributed by atoms with Crippen LogP contribution in [0.25, 0.3) is 0 Å². The van der Waals surface area contributed by atoms with Gasteiger partial charge in [0.2, 0.25) is 0 Å². The van der Waals surface area contributed by atoms with Crippen molar-refractivity contribution in [3.05, 3.63) is 11.6 Å². The first-order chi connectivity index (χ1) is 9.08. The van der Waals surface area contributed by atoms with E-state index in [0.717, 1.165) is 12.3 Å². The summed E-state index contributed by atoms with van der Waals surface area (Å²) in [6, 6.07) is 0.208. The smallest absolute Gasteiger partial charge is 0.369 e. The first kappa shape index (κ1) is 17.0. The molecule has 0 aromatic carbocycles. The van der Waals surface area contributed by atoms with Gasteiger partial charge in [-0.15, -0.1) is 0 Å². The number of hydrogen-bond donors (Lipinski definition) is 2. The van der Waals surface area contributed by atoms with E-state index in [9.17, 15) is 13.2 Å². The number of nitrogens with zero attached hydrogens (tertiary/aromatic N) is 1. The van der Waals surface area contributed by atoms with Crippen molar-refractivity contribution >= 4 is 5.84 Å². The van der Waals surface area contributed by atoms with Crippen LogP contribution in [0.15, 0.2) is 16.6 Å². The van der Waals surface area contributed by atoms with Crippen LogP contribution in [0.5, 0.6) is 0 Å². The van der Waals surface area contributed by atoms with Crippen LogP contribution in [0.3, 0.4) is 0 Å². The van der Waals surface area contributed by atoms with E-state index in [1.807, 2.05) is 13.0 Å². The van der Waals surface area contributed by atoms with Crippen molar-refractivity contribution in [2.75, 3.05) is 19.6 Å². The monoisotopic (exact) mass is 291 g/mol. The molecule has 0 bridgehead atoms. The molecular weight excluding hydrogens is 267 g/mol. The van der Waals surface area contributed by atoms with E-state index in [0.29, 0.717) is 6.54 Å². The van der Waals surface area contributed by atoms with E-state index >= 15 is 0 Å². The molecule has 0 spiro atoms. The van der Waals surface area contributed by atoms with Gasteiger partial charge in [-0.3, -0.25) is 4.99 Å². The Bertz CT molecular complexity index is 378. The standard InChI is InChI=1S/C14H24F3N3/c1-10-7-11(13(2,3)4)8-12(20-10)19-6-5-18-9-14(15,16)17/h8,10,18H,5-7,9H2,1-4H3,(H,19,20). The lowest BCUT2D eigenvalue weighted by molar-refractivity contribution is -0.124. The maximum Gasteiger partial charge on any atom is 0.401 e. The van der Waals surface area contributed by atoms with Gasteiger partial charge in [0.15, 0.2) is 0 Å². The molecule has 3 nitrogen and oxygen atoms in total. The summed E-state index contributed by atoms with van der Waals surface area (Å²) in [4.78, 5) is 4.47. The summed E-state index contributed by atoms with van der Waals surface area (Å²) in [5.74, 6) is 0.766. The van der Waals surface area contributed by atoms with Crippen LogP contribution in [0.4, 0.5) is 13.2 Å². The third-order valence-corrected chi connectivity index (χ3v) is 3.08. The predicted molar refractivity (Wildman–Crippen MR) is 76.0 cm³/mol. The molecule has 0 aliphatic carbocycles. The molecule has 20 heavy (non-hydrogen) atoms. The number of aliphatic imine (C=N–C) groups is 1. The third-order valence-electron chi connectivity index (χ3n) is 3.08. The van der Waals surface area contributed by atoms with Crippen molar-refractivity contribution in [3.8, 4) is 0 Å². The van der Waals surface area contributed by atoms with E-state index in [-0.39, 0.29) is 18.0 Å². The molecule has 0 saturated carbocycles. The highest BCUT2D eigenvalue weighted by Gasteiger charge is 2.26. The fraction of sp³-hybridized carbons (Fsp3) is 0.786. The molecule has 116 valence electrons. The van der Waals surface area contributed by atoms with Gasteiger partial charge in [-0.2, -0.15) is 13.2 Å². The highest BCUT2D eigenvalue weighted by atomic mass is 19.4. The molecule has 1 aliphatic heterocycles. The topological polar surface area (TPSA) is 36.4 Å². The van der Waals surface area contributed by atoms with Crippen LogP contribution in [0.2, 0.25) is 0 Å². The quantitative estimate of drug-likeness (QED) is 0.781. The van der Waals surface area contributed by atoms with Crippen LogP contribution < -0.4 is 10.6 Å². The number of alkyl halides is 3. The Morgan fingerprint density at radius 1 is 1.25 bits per heavy atom. The first-order valence-electron chi connectivity index (χ1n) is 6.88. The van der Waals surface area contributed by atoms with Crippen molar-refractivity contribution in [1.82, 2.24) is 10.6 Å². The van der Waals surface area contributed by atoms with E-state index in [1.165, 1.54) is 5.57 Å². The van der Waals surface area contributed by atoms with Gasteiger partial charge in [0.1, 0.15) is 5.84 Å². The summed E-state index contributed by atoms with van der Waals surface area (Å²) in [6.07, 6.45) is -1.21. The highest BCUT2D eigenvalue weighted by Crippen LogP contribution is 2.31. The number of amidine groups is 1. The second-order valence-electron chi connectivity index (χ2n) is 6.21. The van der Waals surface area contributed by atoms with Gasteiger partial charge in [-0.05, 0) is 24.8 Å². The Hall–Kier alpha value is -1.04. The minimum absolute atomic E-state index is 0.0890. The van der Waals surface area contributed by atoms with E-state index < -0.39 is 12.7 Å². The summed E-state index contributed by atoms with van der Waals surface area (Å²) in [5.41, 5.74) is 1.40. The van der Waals surface area contributed by atoms with Crippen LogP contribution in [0, 0.1) is 5.41 Å². The van der Waals surface area contributed by atoms with E-state index in [1.54, 1.807) is 0 Å². The van der Waals surface area contributed by atoms with Crippen molar-refractivity contribution < 1.29 is 13.2 Å². The maximum absolute atomic E-state index is 12.0. The average molecular weight is 291 g/mol. The van der Waals surface area contributed by atoms with Crippen LogP contribution in [-0.2, 0) is 0 Å². The molecule has 1 unspecified atom stereocenters. The van der Waals surface area contributed by atoms with Gasteiger partial charge < -0.3 is 10.6 Å². The highest BCUT2D eigenvalue weighted by molar-refractivity contribution is 5.94. The fourth-order valence-corrected chi connectivity index (χ4v) is 1.99. The lowest BCUT2D eigenvalue weighted by Crippen LogP contribution is -2.37. The summed E-state index contributed by atoms with van der Waals surface area (Å²) in [7, 11) is 0. The molecule has 6 heteroatoms. The number of dihydropyridines is 1. The number of halogens is 3. The zero-order chi connectivity index (χ0) is 15.4. The minimum atomic E-state index is -4.16. The van der Waals surface area contributed by atoms with Crippen LogP contribution >= 0.6 is 0 Å². The SMILES string of the molecule is CC1CC(C(C)(C)C)=CC(NCCNCC(F)(F)F)=N1. The molecule has 2 N–H and O–H groups in total. The molecule has 0 aromatic heterocycles. The van der Waals surface area contributed by atoms with Crippen LogP contribution in [0.1, 0.15) is 34.1 Å². The average Bonchev–Trinajstić information content (AvgIpc) is 2.25. The molecule has 1 aliphatic rings. The van der Waals surface area contributed by atoms with Gasteiger partial charge in [-0.25, -0.2) is 0 Å². The largest absolute Gasteiger partial charge is 0.401 e. The van der Waals surface area contributed by atoms with Gasteiger partial charge in [0.05, 0.1) is 12.6 Å². The fourth-order valence-electron chi connectivity index (χ4n) is 1.99. The van der Waals surface area contributed by atoms with Gasteiger partial charge in [0.25, 0.3) is 0 Å². The summed E-state index contributed by atoms with van der Waals surface area (Å²) in [6.45, 7) is 8.22. The Balaban J connectivity index is 2.41. The second-order valence-corrected chi connectivity index (χ2v) is 6.21. The molecule has 0 amide bonds. The van der Waals surface area contributed by atoms with E-state index in [2.05, 4.69) is 36.4 Å². The molecule has 0 fully saturated rings. The Morgan fingerprint density at radius 3 is 2.45 bits per heavy atom. The second kappa shape index (κ2) is 6.61. The Morgan fingerprint density at radius 2 is 1.90 bits per heavy atom. The van der Waals surface area contributed by atoms with E-state index in [4.69, 9.17) is 0 Å². The van der Waals surface area contributed by atoms with Crippen molar-refractivity contribution in [2.24, 2.45) is 10.4 Å². The van der Waals surface area contributed by atoms with Gasteiger partial charge in [-0.1, -0.05) is 26.3 Å². The molecular formula is C14H24F3N3. The lowest BCUT2D eigenvalue weighted by atomic mass is 9.81. The molecule has 1 heterocycles. The molecule has 0 aromatic rings. The zero-order valence-electron chi connectivity index (χ0n) is 12.6. The number of hydrogen-bond acceptors (Lipinski definition) is 3. The van der Waals surface area contributed by atoms with Gasteiger partial charge >= 0.3 is 6.18 Å². The van der Waals surface area contributed by atoms with Crippen molar-refractivity contribution in [1.29, 1.82) is 0 Å². The number of nitrogens with one attached hydrogen (secondary N) is 2. The zero-order valence-corrected chi connectivity index (χ0v) is 12.6. The predicted octanol–water partition coefficient (Wildman–Crippen LogP) is 2.89. The molecule has 1 atom stereocenters.